The number of carbonyl (C=O) groups is 1. The van der Waals surface area contributed by atoms with Crippen molar-refractivity contribution in [1.29, 1.82) is 0 Å². The van der Waals surface area contributed by atoms with Crippen LogP contribution in [-0.2, 0) is 6.42 Å². The van der Waals surface area contributed by atoms with E-state index in [9.17, 15) is 4.79 Å². The molecule has 3 heterocycles. The molecule has 3 aromatic heterocycles. The van der Waals surface area contributed by atoms with E-state index in [1.54, 1.807) is 12.3 Å². The fraction of sp³-hybridized carbons (Fsp3) is 0.273. The minimum Gasteiger partial charge on any atom is -0.467 e. The Kier molecular flexibility index (Phi) is 5.93. The van der Waals surface area contributed by atoms with E-state index in [0.717, 1.165) is 17.7 Å². The van der Waals surface area contributed by atoms with Gasteiger partial charge in [0.15, 0.2) is 11.5 Å². The molecule has 0 bridgehead atoms. The number of amides is 1. The van der Waals surface area contributed by atoms with Crippen LogP contribution in [0.25, 0.3) is 11.0 Å². The summed E-state index contributed by atoms with van der Waals surface area (Å²) in [6.07, 6.45) is 3.73. The Balaban J connectivity index is 1.56. The standard InChI is InChI=1S/C22H23N7O3/c1-12(2)7-15-9-17(29-32-15)21(30)26-14-6-5-13(3)16(8-14)27-20-19-18(24-11-25-20)10-23-22(28-19)31-4/h5-6,8-12H,7H2,1-4H3,(H,26,30)(H,24,25,27). The Morgan fingerprint density at radius 1 is 1.19 bits per heavy atom. The lowest BCUT2D eigenvalue weighted by atomic mass is 10.1. The zero-order chi connectivity index (χ0) is 22.7. The third kappa shape index (κ3) is 4.64. The maximum Gasteiger partial charge on any atom is 0.316 e. The third-order valence-corrected chi connectivity index (χ3v) is 4.69. The summed E-state index contributed by atoms with van der Waals surface area (Å²) in [5.41, 5.74) is 3.64. The average Bonchev–Trinajstić information content (AvgIpc) is 3.24. The molecule has 32 heavy (non-hydrogen) atoms. The van der Waals surface area contributed by atoms with Crippen molar-refractivity contribution in [3.8, 4) is 6.01 Å². The molecule has 1 amide bonds. The first-order valence-electron chi connectivity index (χ1n) is 10.1. The first-order chi connectivity index (χ1) is 15.4. The van der Waals surface area contributed by atoms with Gasteiger partial charge in [0, 0.05) is 23.9 Å². The number of nitrogens with one attached hydrogen (secondary N) is 2. The summed E-state index contributed by atoms with van der Waals surface area (Å²) in [4.78, 5) is 29.5. The molecule has 0 saturated carbocycles. The number of rotatable bonds is 7. The normalized spacial score (nSPS) is 11.0. The second-order valence-electron chi connectivity index (χ2n) is 7.70. The molecule has 0 unspecified atom stereocenters. The number of ether oxygens (including phenoxy) is 1. The molecule has 0 saturated heterocycles. The number of benzene rings is 1. The van der Waals surface area contributed by atoms with Crippen LogP contribution in [0.2, 0.25) is 0 Å². The van der Waals surface area contributed by atoms with Crippen molar-refractivity contribution >= 4 is 34.1 Å². The molecule has 164 valence electrons. The third-order valence-electron chi connectivity index (χ3n) is 4.69. The maximum atomic E-state index is 12.6. The van der Waals surface area contributed by atoms with Gasteiger partial charge in [0.05, 0.1) is 13.3 Å². The van der Waals surface area contributed by atoms with Crippen molar-refractivity contribution in [3.63, 3.8) is 0 Å². The van der Waals surface area contributed by atoms with E-state index in [1.807, 2.05) is 25.1 Å². The highest BCUT2D eigenvalue weighted by Gasteiger charge is 2.15. The quantitative estimate of drug-likeness (QED) is 0.445. The highest BCUT2D eigenvalue weighted by Crippen LogP contribution is 2.27. The second kappa shape index (κ2) is 8.96. The molecule has 10 nitrogen and oxygen atoms in total. The first kappa shape index (κ1) is 21.2. The predicted molar refractivity (Wildman–Crippen MR) is 119 cm³/mol. The molecular weight excluding hydrogens is 410 g/mol. The topological polar surface area (TPSA) is 128 Å². The Bertz CT molecular complexity index is 1270. The predicted octanol–water partition coefficient (Wildman–Crippen LogP) is 3.92. The van der Waals surface area contributed by atoms with E-state index < -0.39 is 0 Å². The zero-order valence-electron chi connectivity index (χ0n) is 18.2. The second-order valence-corrected chi connectivity index (χ2v) is 7.70. The van der Waals surface area contributed by atoms with Crippen LogP contribution in [0.3, 0.4) is 0 Å². The van der Waals surface area contributed by atoms with Gasteiger partial charge in [0.1, 0.15) is 23.1 Å². The van der Waals surface area contributed by atoms with Crippen LogP contribution in [0.1, 0.15) is 35.7 Å². The SMILES string of the molecule is COc1ncc2ncnc(Nc3cc(NC(=O)c4cc(CC(C)C)on4)ccc3C)c2n1. The average molecular weight is 433 g/mol. The molecule has 0 radical (unpaired) electrons. The van der Waals surface area contributed by atoms with Gasteiger partial charge in [-0.15, -0.1) is 0 Å². The Morgan fingerprint density at radius 2 is 2.03 bits per heavy atom. The van der Waals surface area contributed by atoms with Crippen molar-refractivity contribution in [2.24, 2.45) is 5.92 Å². The summed E-state index contributed by atoms with van der Waals surface area (Å²) < 4.78 is 10.4. The summed E-state index contributed by atoms with van der Waals surface area (Å²) in [5, 5.41) is 9.99. The van der Waals surface area contributed by atoms with Gasteiger partial charge in [-0.25, -0.2) is 15.0 Å². The van der Waals surface area contributed by atoms with Gasteiger partial charge < -0.3 is 19.9 Å². The zero-order valence-corrected chi connectivity index (χ0v) is 18.2. The number of methoxy groups -OCH3 is 1. The smallest absolute Gasteiger partial charge is 0.316 e. The van der Waals surface area contributed by atoms with Crippen LogP contribution < -0.4 is 15.4 Å². The summed E-state index contributed by atoms with van der Waals surface area (Å²) in [6, 6.07) is 7.41. The number of aryl methyl sites for hydroxylation is 1. The fourth-order valence-corrected chi connectivity index (χ4v) is 3.10. The van der Waals surface area contributed by atoms with E-state index in [0.29, 0.717) is 34.2 Å². The van der Waals surface area contributed by atoms with Crippen LogP contribution in [0, 0.1) is 12.8 Å². The van der Waals surface area contributed by atoms with Crippen molar-refractivity contribution in [3.05, 3.63) is 53.8 Å². The number of hydrogen-bond acceptors (Lipinski definition) is 9. The van der Waals surface area contributed by atoms with E-state index in [-0.39, 0.29) is 17.6 Å². The van der Waals surface area contributed by atoms with Crippen molar-refractivity contribution in [2.75, 3.05) is 17.7 Å². The van der Waals surface area contributed by atoms with E-state index in [1.165, 1.54) is 13.4 Å². The number of hydrogen-bond donors (Lipinski definition) is 2. The van der Waals surface area contributed by atoms with Crippen LogP contribution in [0.4, 0.5) is 17.2 Å². The van der Waals surface area contributed by atoms with Gasteiger partial charge in [0.2, 0.25) is 0 Å². The molecule has 0 atom stereocenters. The monoisotopic (exact) mass is 433 g/mol. The molecular formula is C22H23N7O3. The highest BCUT2D eigenvalue weighted by atomic mass is 16.5. The summed E-state index contributed by atoms with van der Waals surface area (Å²) in [7, 11) is 1.50. The maximum absolute atomic E-state index is 12.6. The molecule has 0 spiro atoms. The van der Waals surface area contributed by atoms with Crippen molar-refractivity contribution in [2.45, 2.75) is 27.2 Å². The lowest BCUT2D eigenvalue weighted by molar-refractivity contribution is 0.101. The number of fused-ring (bicyclic) bond motifs is 1. The molecule has 0 aliphatic heterocycles. The van der Waals surface area contributed by atoms with Crippen molar-refractivity contribution in [1.82, 2.24) is 25.1 Å². The molecule has 10 heteroatoms. The Hall–Kier alpha value is -4.08. The lowest BCUT2D eigenvalue weighted by Gasteiger charge is -2.12. The van der Waals surface area contributed by atoms with Gasteiger partial charge >= 0.3 is 6.01 Å². The van der Waals surface area contributed by atoms with E-state index >= 15 is 0 Å². The molecule has 2 N–H and O–H groups in total. The molecule has 4 aromatic rings. The minimum atomic E-state index is -0.344. The minimum absolute atomic E-state index is 0.220. The Labute approximate surface area is 184 Å². The van der Waals surface area contributed by atoms with E-state index in [4.69, 9.17) is 9.26 Å². The van der Waals surface area contributed by atoms with Gasteiger partial charge in [-0.05, 0) is 30.5 Å². The van der Waals surface area contributed by atoms with Gasteiger partial charge in [0.25, 0.3) is 5.91 Å². The van der Waals surface area contributed by atoms with Crippen LogP contribution >= 0.6 is 0 Å². The summed E-state index contributed by atoms with van der Waals surface area (Å²) in [5.74, 6) is 1.25. The summed E-state index contributed by atoms with van der Waals surface area (Å²) >= 11 is 0. The number of aromatic nitrogens is 5. The van der Waals surface area contributed by atoms with Crippen molar-refractivity contribution < 1.29 is 14.1 Å². The molecule has 0 aliphatic rings. The number of carbonyl (C=O) groups excluding carboxylic acids is 1. The molecule has 0 fully saturated rings. The van der Waals surface area contributed by atoms with Crippen LogP contribution in [-0.4, -0.2) is 38.1 Å². The summed E-state index contributed by atoms with van der Waals surface area (Å²) in [6.45, 7) is 6.10. The van der Waals surface area contributed by atoms with Crippen LogP contribution in [0.15, 0.2) is 41.3 Å². The van der Waals surface area contributed by atoms with Gasteiger partial charge in [-0.1, -0.05) is 25.1 Å². The van der Waals surface area contributed by atoms with Gasteiger partial charge in [-0.2, -0.15) is 4.98 Å². The van der Waals surface area contributed by atoms with Crippen LogP contribution in [0.5, 0.6) is 6.01 Å². The van der Waals surface area contributed by atoms with E-state index in [2.05, 4.69) is 49.6 Å². The fourth-order valence-electron chi connectivity index (χ4n) is 3.10. The first-order valence-corrected chi connectivity index (χ1v) is 10.1. The number of anilines is 3. The Morgan fingerprint density at radius 3 is 2.81 bits per heavy atom. The molecule has 1 aromatic carbocycles. The number of nitrogens with zero attached hydrogens (tertiary/aromatic N) is 5. The highest BCUT2D eigenvalue weighted by molar-refractivity contribution is 6.03. The molecule has 0 aliphatic carbocycles. The molecule has 4 rings (SSSR count). The largest absolute Gasteiger partial charge is 0.467 e. The lowest BCUT2D eigenvalue weighted by Crippen LogP contribution is -2.12. The van der Waals surface area contributed by atoms with Gasteiger partial charge in [-0.3, -0.25) is 4.79 Å².